The normalized spacial score (nSPS) is 9.63. The third-order valence-corrected chi connectivity index (χ3v) is 2.55. The molecule has 96 valence electrons. The van der Waals surface area contributed by atoms with Crippen LogP contribution in [0.4, 0.5) is 10.5 Å². The monoisotopic (exact) mass is 254 g/mol. The Morgan fingerprint density at radius 2 is 1.89 bits per heavy atom. The highest BCUT2D eigenvalue weighted by atomic mass is 16.2. The topological polar surface area (TPSA) is 69.8 Å². The number of aromatic nitrogens is 1. The number of hydrogen-bond donors (Lipinski definition) is 2. The molecule has 2 N–H and O–H groups in total. The third kappa shape index (κ3) is 3.61. The van der Waals surface area contributed by atoms with E-state index < -0.39 is 0 Å². The molecule has 0 unspecified atom stereocenters. The van der Waals surface area contributed by atoms with Gasteiger partial charge in [-0.05, 0) is 36.4 Å². The smallest absolute Gasteiger partial charge is 0.319 e. The number of nitriles is 1. The van der Waals surface area contributed by atoms with Gasteiger partial charge >= 0.3 is 6.03 Å². The average molecular weight is 254 g/mol. The standard InChI is InChI=1S/C14H14N4O/c15-8-3-9-16-14(19)17-12-4-6-13(7-5-12)18-10-1-2-11-18/h1-2,4-7,10-11H,3,9H2,(H2,16,17,19). The van der Waals surface area contributed by atoms with Gasteiger partial charge in [0.25, 0.3) is 0 Å². The van der Waals surface area contributed by atoms with Crippen LogP contribution in [0.2, 0.25) is 0 Å². The molecule has 5 heteroatoms. The molecule has 0 aliphatic carbocycles. The van der Waals surface area contributed by atoms with Crippen LogP contribution in [0.25, 0.3) is 5.69 Å². The van der Waals surface area contributed by atoms with Crippen LogP contribution in [-0.2, 0) is 0 Å². The van der Waals surface area contributed by atoms with Crippen LogP contribution < -0.4 is 10.6 Å². The summed E-state index contributed by atoms with van der Waals surface area (Å²) in [6, 6.07) is 13.1. The highest BCUT2D eigenvalue weighted by Gasteiger charge is 2.01. The first-order chi connectivity index (χ1) is 9.29. The van der Waals surface area contributed by atoms with E-state index in [4.69, 9.17) is 5.26 Å². The van der Waals surface area contributed by atoms with Gasteiger partial charge in [-0.25, -0.2) is 4.79 Å². The molecule has 5 nitrogen and oxygen atoms in total. The summed E-state index contributed by atoms with van der Waals surface area (Å²) >= 11 is 0. The van der Waals surface area contributed by atoms with Gasteiger partial charge in [0.15, 0.2) is 0 Å². The van der Waals surface area contributed by atoms with Gasteiger partial charge in [0.1, 0.15) is 0 Å². The number of nitrogens with one attached hydrogen (secondary N) is 2. The number of benzene rings is 1. The van der Waals surface area contributed by atoms with Crippen LogP contribution >= 0.6 is 0 Å². The van der Waals surface area contributed by atoms with Gasteiger partial charge in [-0.1, -0.05) is 0 Å². The Morgan fingerprint density at radius 3 is 2.53 bits per heavy atom. The number of anilines is 1. The molecule has 0 spiro atoms. The van der Waals surface area contributed by atoms with Gasteiger partial charge in [0.05, 0.1) is 12.5 Å². The molecule has 0 fully saturated rings. The summed E-state index contributed by atoms with van der Waals surface area (Å²) in [7, 11) is 0. The van der Waals surface area contributed by atoms with E-state index in [1.54, 1.807) is 0 Å². The molecule has 1 heterocycles. The first kappa shape index (κ1) is 12.7. The molecule has 0 aliphatic heterocycles. The lowest BCUT2D eigenvalue weighted by Crippen LogP contribution is -2.29. The number of rotatable bonds is 4. The van der Waals surface area contributed by atoms with Gasteiger partial charge in [0, 0.05) is 30.3 Å². The molecule has 0 radical (unpaired) electrons. The Labute approximate surface area is 111 Å². The largest absolute Gasteiger partial charge is 0.337 e. The Morgan fingerprint density at radius 1 is 1.21 bits per heavy atom. The zero-order valence-corrected chi connectivity index (χ0v) is 10.3. The minimum atomic E-state index is -0.302. The lowest BCUT2D eigenvalue weighted by Gasteiger charge is -2.07. The second-order valence-corrected chi connectivity index (χ2v) is 3.93. The van der Waals surface area contributed by atoms with Gasteiger partial charge in [0.2, 0.25) is 0 Å². The summed E-state index contributed by atoms with van der Waals surface area (Å²) in [5.41, 5.74) is 1.74. The fourth-order valence-electron chi connectivity index (χ4n) is 1.63. The number of carbonyl (C=O) groups is 1. The van der Waals surface area contributed by atoms with Gasteiger partial charge in [-0.3, -0.25) is 0 Å². The lowest BCUT2D eigenvalue weighted by molar-refractivity contribution is 0.252. The highest BCUT2D eigenvalue weighted by Crippen LogP contribution is 2.13. The van der Waals surface area contributed by atoms with Crippen molar-refractivity contribution in [1.29, 1.82) is 5.26 Å². The molecule has 0 saturated heterocycles. The van der Waals surface area contributed by atoms with Gasteiger partial charge in [-0.15, -0.1) is 0 Å². The third-order valence-electron chi connectivity index (χ3n) is 2.55. The van der Waals surface area contributed by atoms with Crippen molar-refractivity contribution in [2.75, 3.05) is 11.9 Å². The Balaban J connectivity index is 1.92. The quantitative estimate of drug-likeness (QED) is 0.823. The van der Waals surface area contributed by atoms with Crippen LogP contribution in [-0.4, -0.2) is 17.1 Å². The van der Waals surface area contributed by atoms with Crippen molar-refractivity contribution in [1.82, 2.24) is 9.88 Å². The molecule has 0 saturated carbocycles. The van der Waals surface area contributed by atoms with Crippen molar-refractivity contribution in [2.45, 2.75) is 6.42 Å². The Hall–Kier alpha value is -2.74. The summed E-state index contributed by atoms with van der Waals surface area (Å²) in [6.45, 7) is 0.351. The number of nitrogens with zero attached hydrogens (tertiary/aromatic N) is 2. The zero-order chi connectivity index (χ0) is 13.5. The SMILES string of the molecule is N#CCCNC(=O)Nc1ccc(-n2cccc2)cc1. The maximum Gasteiger partial charge on any atom is 0.319 e. The molecule has 0 bridgehead atoms. The van der Waals surface area contributed by atoms with E-state index in [0.29, 0.717) is 18.7 Å². The number of carbonyl (C=O) groups excluding carboxylic acids is 1. The molecule has 0 atom stereocenters. The van der Waals surface area contributed by atoms with Crippen molar-refractivity contribution in [3.63, 3.8) is 0 Å². The maximum absolute atomic E-state index is 11.5. The molecule has 2 rings (SSSR count). The van der Waals surface area contributed by atoms with E-state index in [0.717, 1.165) is 5.69 Å². The van der Waals surface area contributed by atoms with E-state index in [1.165, 1.54) is 0 Å². The average Bonchev–Trinajstić information content (AvgIpc) is 2.94. The van der Waals surface area contributed by atoms with E-state index >= 15 is 0 Å². The minimum absolute atomic E-state index is 0.302. The molecule has 1 aromatic carbocycles. The summed E-state index contributed by atoms with van der Waals surface area (Å²) in [4.78, 5) is 11.5. The maximum atomic E-state index is 11.5. The van der Waals surface area contributed by atoms with E-state index in [1.807, 2.05) is 59.4 Å². The summed E-state index contributed by atoms with van der Waals surface area (Å²) < 4.78 is 1.98. The molecule has 1 aromatic heterocycles. The molecule has 0 aliphatic rings. The molecule has 19 heavy (non-hydrogen) atoms. The first-order valence-electron chi connectivity index (χ1n) is 5.95. The summed E-state index contributed by atoms with van der Waals surface area (Å²) in [6.07, 6.45) is 4.22. The predicted molar refractivity (Wildman–Crippen MR) is 73.0 cm³/mol. The van der Waals surface area contributed by atoms with E-state index in [2.05, 4.69) is 10.6 Å². The summed E-state index contributed by atoms with van der Waals surface area (Å²) in [5, 5.41) is 13.7. The molecule has 2 aromatic rings. The zero-order valence-electron chi connectivity index (χ0n) is 10.3. The van der Waals surface area contributed by atoms with Gasteiger partial charge < -0.3 is 15.2 Å². The minimum Gasteiger partial charge on any atom is -0.337 e. The van der Waals surface area contributed by atoms with Gasteiger partial charge in [-0.2, -0.15) is 5.26 Å². The van der Waals surface area contributed by atoms with Crippen molar-refractivity contribution in [2.24, 2.45) is 0 Å². The number of hydrogen-bond acceptors (Lipinski definition) is 2. The lowest BCUT2D eigenvalue weighted by atomic mass is 10.3. The first-order valence-corrected chi connectivity index (χ1v) is 5.95. The predicted octanol–water partition coefficient (Wildman–Crippen LogP) is 2.51. The van der Waals surface area contributed by atoms with Crippen molar-refractivity contribution >= 4 is 11.7 Å². The van der Waals surface area contributed by atoms with E-state index in [-0.39, 0.29) is 6.03 Å². The highest BCUT2D eigenvalue weighted by molar-refractivity contribution is 5.89. The van der Waals surface area contributed by atoms with Crippen LogP contribution in [0, 0.1) is 11.3 Å². The fraction of sp³-hybridized carbons (Fsp3) is 0.143. The van der Waals surface area contributed by atoms with E-state index in [9.17, 15) is 4.79 Å². The second kappa shape index (κ2) is 6.26. The fourth-order valence-corrected chi connectivity index (χ4v) is 1.63. The molecular weight excluding hydrogens is 240 g/mol. The van der Waals surface area contributed by atoms with Crippen LogP contribution in [0.15, 0.2) is 48.8 Å². The van der Waals surface area contributed by atoms with Crippen LogP contribution in [0.5, 0.6) is 0 Å². The van der Waals surface area contributed by atoms with Crippen LogP contribution in [0.3, 0.4) is 0 Å². The number of amides is 2. The van der Waals surface area contributed by atoms with Crippen LogP contribution in [0.1, 0.15) is 6.42 Å². The van der Waals surface area contributed by atoms with Crippen molar-refractivity contribution in [3.05, 3.63) is 48.8 Å². The summed E-state index contributed by atoms with van der Waals surface area (Å²) in [5.74, 6) is 0. The van der Waals surface area contributed by atoms with Crippen molar-refractivity contribution < 1.29 is 4.79 Å². The second-order valence-electron chi connectivity index (χ2n) is 3.93. The molecule has 2 amide bonds. The number of urea groups is 1. The van der Waals surface area contributed by atoms with Crippen molar-refractivity contribution in [3.8, 4) is 11.8 Å². The molecular formula is C14H14N4O. The Kier molecular flexibility index (Phi) is 4.19. The Bertz CT molecular complexity index is 566.